The van der Waals surface area contributed by atoms with Crippen molar-refractivity contribution >= 4 is 48.1 Å². The number of Topliss-reactive ketones (excluding diaryl/α,β-unsaturated/α-hetero) is 1. The number of aromatic amines is 1. The van der Waals surface area contributed by atoms with Crippen LogP contribution in [-0.2, 0) is 4.79 Å². The average molecular weight is 310 g/mol. The SMILES string of the molecule is CC(C)C(=O)C1CNc2nc(N)[nH]c(=O)c2N1.Cl.Cl. The molecule has 0 saturated carbocycles. The maximum absolute atomic E-state index is 11.8. The Bertz CT molecular complexity index is 517. The number of nitrogen functional groups attached to an aromatic ring is 1. The summed E-state index contributed by atoms with van der Waals surface area (Å²) in [4.78, 5) is 29.8. The first-order chi connectivity index (χ1) is 7.99. The van der Waals surface area contributed by atoms with E-state index in [2.05, 4.69) is 20.6 Å². The third kappa shape index (κ3) is 3.51. The van der Waals surface area contributed by atoms with Crippen molar-refractivity contribution < 1.29 is 4.79 Å². The quantitative estimate of drug-likeness (QED) is 0.637. The molecule has 19 heavy (non-hydrogen) atoms. The minimum atomic E-state index is -0.408. The van der Waals surface area contributed by atoms with Crippen molar-refractivity contribution in [3.05, 3.63) is 10.4 Å². The minimum Gasteiger partial charge on any atom is -0.369 e. The highest BCUT2D eigenvalue weighted by molar-refractivity contribution is 5.90. The molecule has 0 saturated heterocycles. The van der Waals surface area contributed by atoms with Crippen molar-refractivity contribution in [1.29, 1.82) is 0 Å². The van der Waals surface area contributed by atoms with E-state index < -0.39 is 6.04 Å². The van der Waals surface area contributed by atoms with Crippen LogP contribution in [0.5, 0.6) is 0 Å². The van der Waals surface area contributed by atoms with Gasteiger partial charge in [-0.2, -0.15) is 4.98 Å². The molecule has 0 fully saturated rings. The van der Waals surface area contributed by atoms with Gasteiger partial charge in [-0.05, 0) is 0 Å². The summed E-state index contributed by atoms with van der Waals surface area (Å²) >= 11 is 0. The number of halogens is 2. The van der Waals surface area contributed by atoms with Crippen molar-refractivity contribution in [3.8, 4) is 0 Å². The Balaban J connectivity index is 0.00000162. The molecule has 2 rings (SSSR count). The molecule has 0 bridgehead atoms. The molecule has 1 unspecified atom stereocenters. The number of hydrogen-bond donors (Lipinski definition) is 4. The van der Waals surface area contributed by atoms with Gasteiger partial charge in [0.25, 0.3) is 5.56 Å². The molecule has 1 aliphatic rings. The number of aromatic nitrogens is 2. The molecule has 2 heterocycles. The van der Waals surface area contributed by atoms with Gasteiger partial charge in [-0.15, -0.1) is 24.8 Å². The van der Waals surface area contributed by atoms with Crippen molar-refractivity contribution in [3.63, 3.8) is 0 Å². The lowest BCUT2D eigenvalue weighted by Crippen LogP contribution is -2.44. The van der Waals surface area contributed by atoms with Crippen LogP contribution >= 0.6 is 24.8 Å². The fourth-order valence-corrected chi connectivity index (χ4v) is 1.75. The molecular formula is C10H17Cl2N5O2. The van der Waals surface area contributed by atoms with Gasteiger partial charge in [0.2, 0.25) is 5.95 Å². The first-order valence-electron chi connectivity index (χ1n) is 5.43. The number of hydrogen-bond acceptors (Lipinski definition) is 6. The first kappa shape index (κ1) is 17.5. The molecule has 1 aromatic heterocycles. The average Bonchev–Trinajstić information content (AvgIpc) is 2.27. The highest BCUT2D eigenvalue weighted by Crippen LogP contribution is 2.20. The highest BCUT2D eigenvalue weighted by Gasteiger charge is 2.27. The first-order valence-corrected chi connectivity index (χ1v) is 5.43. The topological polar surface area (TPSA) is 113 Å². The fourth-order valence-electron chi connectivity index (χ4n) is 1.75. The zero-order valence-corrected chi connectivity index (χ0v) is 12.2. The van der Waals surface area contributed by atoms with E-state index in [4.69, 9.17) is 5.73 Å². The summed E-state index contributed by atoms with van der Waals surface area (Å²) in [7, 11) is 0. The van der Waals surface area contributed by atoms with E-state index in [0.29, 0.717) is 12.4 Å². The van der Waals surface area contributed by atoms with Crippen LogP contribution in [0.15, 0.2) is 4.79 Å². The third-order valence-corrected chi connectivity index (χ3v) is 2.64. The molecule has 1 aliphatic heterocycles. The molecule has 7 nitrogen and oxygen atoms in total. The Labute approximate surface area is 122 Å². The number of nitrogens with two attached hydrogens (primary N) is 1. The largest absolute Gasteiger partial charge is 0.369 e. The number of H-pyrrole nitrogens is 1. The minimum absolute atomic E-state index is 0. The molecule has 1 atom stereocenters. The van der Waals surface area contributed by atoms with Crippen LogP contribution in [0.25, 0.3) is 0 Å². The molecule has 5 N–H and O–H groups in total. The van der Waals surface area contributed by atoms with Gasteiger partial charge in [0.05, 0.1) is 0 Å². The summed E-state index contributed by atoms with van der Waals surface area (Å²) in [5, 5.41) is 5.84. The summed E-state index contributed by atoms with van der Waals surface area (Å²) in [6.07, 6.45) is 0. The lowest BCUT2D eigenvalue weighted by atomic mass is 10.0. The lowest BCUT2D eigenvalue weighted by molar-refractivity contribution is -0.122. The molecule has 0 amide bonds. The predicted octanol–water partition coefficient (Wildman–Crippen LogP) is 0.627. The van der Waals surface area contributed by atoms with E-state index in [-0.39, 0.29) is 53.7 Å². The summed E-state index contributed by atoms with van der Waals surface area (Å²) in [6, 6.07) is -0.408. The Morgan fingerprint density at radius 1 is 1.42 bits per heavy atom. The van der Waals surface area contributed by atoms with E-state index in [1.165, 1.54) is 0 Å². The molecule has 0 radical (unpaired) electrons. The maximum Gasteiger partial charge on any atom is 0.277 e. The van der Waals surface area contributed by atoms with Gasteiger partial charge in [-0.1, -0.05) is 13.8 Å². The molecule has 1 aromatic rings. The summed E-state index contributed by atoms with van der Waals surface area (Å²) < 4.78 is 0. The van der Waals surface area contributed by atoms with Crippen LogP contribution in [0.2, 0.25) is 0 Å². The van der Waals surface area contributed by atoms with Crippen LogP contribution in [0.3, 0.4) is 0 Å². The second-order valence-electron chi connectivity index (χ2n) is 4.31. The van der Waals surface area contributed by atoms with Gasteiger partial charge in [0.15, 0.2) is 11.6 Å². The number of carbonyl (C=O) groups excluding carboxylic acids is 1. The van der Waals surface area contributed by atoms with Gasteiger partial charge in [-0.25, -0.2) is 0 Å². The molecule has 108 valence electrons. The molecule has 0 aromatic carbocycles. The van der Waals surface area contributed by atoms with Crippen LogP contribution in [0.4, 0.5) is 17.5 Å². The van der Waals surface area contributed by atoms with Crippen molar-refractivity contribution in [1.82, 2.24) is 9.97 Å². The maximum atomic E-state index is 11.8. The van der Waals surface area contributed by atoms with E-state index in [1.54, 1.807) is 0 Å². The zero-order chi connectivity index (χ0) is 12.6. The Morgan fingerprint density at radius 3 is 2.63 bits per heavy atom. The Morgan fingerprint density at radius 2 is 2.05 bits per heavy atom. The van der Waals surface area contributed by atoms with E-state index >= 15 is 0 Å². The standard InChI is InChI=1S/C10H15N5O2.2ClH/c1-4(2)7(16)5-3-12-8-6(13-5)9(17)15-10(11)14-8;;/h4-5,13H,3H2,1-2H3,(H4,11,12,14,15,17);2*1H. The van der Waals surface area contributed by atoms with Gasteiger partial charge in [-0.3, -0.25) is 14.6 Å². The van der Waals surface area contributed by atoms with E-state index in [1.807, 2.05) is 13.8 Å². The third-order valence-electron chi connectivity index (χ3n) is 2.64. The number of nitrogens with zero attached hydrogens (tertiary/aromatic N) is 1. The van der Waals surface area contributed by atoms with Crippen LogP contribution < -0.4 is 21.9 Å². The number of fused-ring (bicyclic) bond motifs is 1. The zero-order valence-electron chi connectivity index (χ0n) is 10.5. The van der Waals surface area contributed by atoms with Crippen LogP contribution in [0, 0.1) is 5.92 Å². The van der Waals surface area contributed by atoms with Crippen molar-refractivity contribution in [2.24, 2.45) is 5.92 Å². The number of rotatable bonds is 2. The van der Waals surface area contributed by atoms with Gasteiger partial charge >= 0.3 is 0 Å². The van der Waals surface area contributed by atoms with Crippen LogP contribution in [-0.4, -0.2) is 28.3 Å². The Hall–Kier alpha value is -1.47. The van der Waals surface area contributed by atoms with Gasteiger partial charge in [0, 0.05) is 12.5 Å². The van der Waals surface area contributed by atoms with Gasteiger partial charge < -0.3 is 16.4 Å². The molecule has 0 aliphatic carbocycles. The molecule has 0 spiro atoms. The number of ketones is 1. The Kier molecular flexibility index (Phi) is 6.11. The van der Waals surface area contributed by atoms with Crippen LogP contribution in [0.1, 0.15) is 13.8 Å². The predicted molar refractivity (Wildman–Crippen MR) is 79.5 cm³/mol. The molecular weight excluding hydrogens is 293 g/mol. The number of nitrogens with one attached hydrogen (secondary N) is 3. The number of carbonyl (C=O) groups is 1. The second kappa shape index (κ2) is 6.63. The van der Waals surface area contributed by atoms with E-state index in [9.17, 15) is 9.59 Å². The summed E-state index contributed by atoms with van der Waals surface area (Å²) in [6.45, 7) is 4.05. The lowest BCUT2D eigenvalue weighted by Gasteiger charge is -2.26. The number of anilines is 3. The van der Waals surface area contributed by atoms with Gasteiger partial charge in [0.1, 0.15) is 11.7 Å². The normalized spacial score (nSPS) is 16.3. The highest BCUT2D eigenvalue weighted by atomic mass is 35.5. The second-order valence-corrected chi connectivity index (χ2v) is 4.31. The summed E-state index contributed by atoms with van der Waals surface area (Å²) in [5.41, 5.74) is 5.32. The van der Waals surface area contributed by atoms with E-state index in [0.717, 1.165) is 0 Å². The van der Waals surface area contributed by atoms with Crippen molar-refractivity contribution in [2.45, 2.75) is 19.9 Å². The smallest absolute Gasteiger partial charge is 0.277 e. The fraction of sp³-hybridized carbons (Fsp3) is 0.500. The summed E-state index contributed by atoms with van der Waals surface area (Å²) in [5.74, 6) is 0.409. The molecule has 9 heteroatoms. The van der Waals surface area contributed by atoms with Crippen molar-refractivity contribution in [2.75, 3.05) is 22.9 Å². The monoisotopic (exact) mass is 309 g/mol.